The van der Waals surface area contributed by atoms with E-state index in [1.807, 2.05) is 0 Å². The largest absolute Gasteiger partial charge is 0 e. The summed E-state index contributed by atoms with van der Waals surface area (Å²) in [5.41, 5.74) is 0. The maximum Gasteiger partial charge on any atom is 0 e. The molecule has 0 N–H and O–H groups in total. The molecule has 0 amide bonds. The van der Waals surface area contributed by atoms with Crippen LogP contribution < -0.4 is 0 Å². The van der Waals surface area contributed by atoms with Crippen LogP contribution in [0.3, 0.4) is 0 Å². The summed E-state index contributed by atoms with van der Waals surface area (Å²) in [6, 6.07) is 0. The molecule has 0 aliphatic carbocycles. The Balaban J connectivity index is 0. The number of hydrogen-bond donors (Lipinski definition) is 0. The second-order valence-electron chi connectivity index (χ2n) is 0. The van der Waals surface area contributed by atoms with Crippen LogP contribution in [-0.4, -0.2) is 0 Å². The van der Waals surface area contributed by atoms with Crippen molar-refractivity contribution in [3.63, 3.8) is 0 Å². The first-order chi connectivity index (χ1) is 0. The molecule has 59 heteroatoms. The zero-order valence-corrected chi connectivity index (χ0v) is 146. The van der Waals surface area contributed by atoms with Gasteiger partial charge in [-0.3, -0.25) is 0 Å². The smallest absolute Gasteiger partial charge is 0 e. The van der Waals surface area contributed by atoms with Crippen molar-refractivity contribution < 1.29 is 2280 Å². The first kappa shape index (κ1) is 420. The molecular weight excluding hydrogens is 9380 g/mol. The van der Waals surface area contributed by atoms with Crippen LogP contribution in [0.5, 0.6) is 0 Å². The average molecular weight is 9380 g/mol. The molecule has 0 nitrogen and oxygen atoms in total. The van der Waals surface area contributed by atoms with E-state index in [9.17, 15) is 0 Å². The first-order valence-corrected chi connectivity index (χ1v) is 0. The minimum atomic E-state index is 0. The zero-order chi connectivity index (χ0) is 0. The van der Waals surface area contributed by atoms with Gasteiger partial charge in [-0.05, 0) is 0 Å². The van der Waals surface area contributed by atoms with Crippen LogP contribution in [-0.2, 0) is 0 Å². The third-order valence-corrected chi connectivity index (χ3v) is 0. The van der Waals surface area contributed by atoms with Crippen LogP contribution in [0.1, 0.15) is 0 Å². The summed E-state index contributed by atoms with van der Waals surface area (Å²) in [7, 11) is 0. The van der Waals surface area contributed by atoms with Crippen molar-refractivity contribution >= 4 is 0 Å². The van der Waals surface area contributed by atoms with E-state index < -0.39 is 0 Å². The fourth-order valence-corrected chi connectivity index (χ4v) is 0. The summed E-state index contributed by atoms with van der Waals surface area (Å²) in [5.74, 6) is 0. The SMILES string of the molecule is [Tb].[Tb].[Tb].[Tb].[Tb].[Tb].[Tb].[Tb].[Tb].[Tb].[Tb].[Tb].[Tb].[Tb].[Tb].[Tb].[Tb].[Tb].[Tb].[Tb].[Tb].[Tb].[Tb].[Tb].[Tb].[Tb].[Tb].[Tb].[Tb].[Tb].[Tb].[Tb].[Tb].[Tb].[Tb].[Tb].[Tb].[Tb].[Tb].[Tb].[Tb].[Tb].[Tb].[Tb].[Tb].[Tb].[Tb].[Tb].[Tb].[Tb].[Tb].[Tb].[Tb].[Tb].[Tb].[Tb].[Tb].[Tb].[Tb]. The normalized spacial score (nSPS) is 0. The van der Waals surface area contributed by atoms with Crippen molar-refractivity contribution in [2.24, 2.45) is 0 Å². The van der Waals surface area contributed by atoms with Crippen molar-refractivity contribution in [1.29, 1.82) is 0 Å². The molecule has 0 rings (SSSR count). The van der Waals surface area contributed by atoms with Gasteiger partial charge in [-0.25, -0.2) is 0 Å². The Labute approximate surface area is 2180 Å². The zero-order valence-electron chi connectivity index (χ0n) is 19.7. The standard InChI is InChI=1S/59Tb. The van der Waals surface area contributed by atoms with Crippen molar-refractivity contribution in [2.75, 3.05) is 0 Å². The second-order valence-corrected chi connectivity index (χ2v) is 0. The van der Waals surface area contributed by atoms with Crippen LogP contribution in [0.2, 0.25) is 0 Å². The Bertz CT molecular complexity index is 0. The van der Waals surface area contributed by atoms with Gasteiger partial charge in [-0.1, -0.05) is 0 Å². The van der Waals surface area contributed by atoms with E-state index in [0.29, 0.717) is 0 Å². The summed E-state index contributed by atoms with van der Waals surface area (Å²) in [4.78, 5) is 0. The van der Waals surface area contributed by atoms with Crippen LogP contribution in [0.25, 0.3) is 0 Å². The maximum absolute atomic E-state index is 0. The Morgan fingerprint density at radius 2 is 0.0169 bits per heavy atom. The topological polar surface area (TPSA) is 0 Å². The van der Waals surface area contributed by atoms with E-state index in [0.717, 1.165) is 0 Å². The Morgan fingerprint density at radius 1 is 0.0169 bits per heavy atom. The molecule has 0 aromatic carbocycles. The van der Waals surface area contributed by atoms with Gasteiger partial charge in [-0.15, -0.1) is 0 Å². The van der Waals surface area contributed by atoms with Gasteiger partial charge in [0.05, 0.1) is 0 Å². The summed E-state index contributed by atoms with van der Waals surface area (Å²) < 4.78 is 0. The molecule has 0 aliphatic heterocycles. The van der Waals surface area contributed by atoms with Crippen LogP contribution in [0.15, 0.2) is 0 Å². The molecule has 0 aromatic rings. The molecule has 59 radical (unpaired) electrons. The summed E-state index contributed by atoms with van der Waals surface area (Å²) >= 11 is 0. The third-order valence-electron chi connectivity index (χ3n) is 0. The molecule has 531 valence electrons. The number of rotatable bonds is 0. The van der Waals surface area contributed by atoms with E-state index in [-0.39, 0.29) is 2280 Å². The maximum atomic E-state index is 0. The van der Waals surface area contributed by atoms with E-state index >= 15 is 0 Å². The Hall–Kier alpha value is 75.9. The molecule has 0 atom stereocenters. The third kappa shape index (κ3) is 404. The van der Waals surface area contributed by atoms with Crippen LogP contribution in [0, 0.1) is 2280 Å². The first-order valence-electron chi connectivity index (χ1n) is 0. The molecule has 0 aliphatic rings. The van der Waals surface area contributed by atoms with Gasteiger partial charge in [0.15, 0.2) is 0 Å². The van der Waals surface area contributed by atoms with E-state index in [1.165, 1.54) is 0 Å². The summed E-state index contributed by atoms with van der Waals surface area (Å²) in [6.07, 6.45) is 0. The minimum Gasteiger partial charge on any atom is 0 e. The van der Waals surface area contributed by atoms with Crippen molar-refractivity contribution in [2.45, 2.75) is 0 Å². The van der Waals surface area contributed by atoms with Gasteiger partial charge in [0.2, 0.25) is 0 Å². The average Bonchev–Trinajstić information content (AvgIpc) is 0. The molecule has 0 fully saturated rings. The molecule has 0 heterocycles. The molecule has 59 heavy (non-hydrogen) atoms. The second kappa shape index (κ2) is 411. The molecule has 0 saturated heterocycles. The molecule has 0 spiro atoms. The molecule has 0 aromatic heterocycles. The van der Waals surface area contributed by atoms with Gasteiger partial charge in [-0.2, -0.15) is 0 Å². The van der Waals surface area contributed by atoms with Crippen molar-refractivity contribution in [3.8, 4) is 0 Å². The summed E-state index contributed by atoms with van der Waals surface area (Å²) in [6.45, 7) is 0. The van der Waals surface area contributed by atoms with Crippen molar-refractivity contribution in [3.05, 3.63) is 0 Å². The van der Waals surface area contributed by atoms with E-state index in [1.54, 1.807) is 0 Å². The van der Waals surface area contributed by atoms with Gasteiger partial charge >= 0.3 is 0 Å². The van der Waals surface area contributed by atoms with Gasteiger partial charge < -0.3 is 0 Å². The Morgan fingerprint density at radius 3 is 0.0169 bits per heavy atom. The minimum absolute atomic E-state index is 0. The quantitative estimate of drug-likeness (QED) is 0.321. The van der Waals surface area contributed by atoms with Crippen LogP contribution >= 0.6 is 0 Å². The number of hydrogen-bond acceptors (Lipinski definition) is 0. The predicted octanol–water partition coefficient (Wildman–Crippen LogP) is 0. The Kier molecular flexibility index (Phi) is 2920. The fraction of sp³-hybridized carbons (Fsp3) is 0. The molecule has 0 unspecified atom stereocenters. The fourth-order valence-electron chi connectivity index (χ4n) is 0. The van der Waals surface area contributed by atoms with Crippen LogP contribution in [0.4, 0.5) is 0 Å². The monoisotopic (exact) mass is 9380 g/mol. The molecule has 0 saturated carbocycles. The molecule has 0 bridgehead atoms. The van der Waals surface area contributed by atoms with Gasteiger partial charge in [0.25, 0.3) is 0 Å². The van der Waals surface area contributed by atoms with Gasteiger partial charge in [0, 0.05) is 2280 Å². The predicted molar refractivity (Wildman–Crippen MR) is 0 cm³/mol. The van der Waals surface area contributed by atoms with E-state index in [2.05, 4.69) is 0 Å². The van der Waals surface area contributed by atoms with Gasteiger partial charge in [0.1, 0.15) is 0 Å². The molecular formula is Tb59. The summed E-state index contributed by atoms with van der Waals surface area (Å²) in [5, 5.41) is 0. The van der Waals surface area contributed by atoms with Crippen molar-refractivity contribution in [1.82, 2.24) is 0 Å². The van der Waals surface area contributed by atoms with E-state index in [4.69, 9.17) is 0 Å².